The molecule has 0 unspecified atom stereocenters. The van der Waals surface area contributed by atoms with Crippen LogP contribution in [0.15, 0.2) is 36.4 Å². The highest BCUT2D eigenvalue weighted by Gasteiger charge is 2.50. The van der Waals surface area contributed by atoms with E-state index in [0.717, 1.165) is 19.4 Å². The van der Waals surface area contributed by atoms with E-state index in [0.29, 0.717) is 71.9 Å². The van der Waals surface area contributed by atoms with E-state index in [9.17, 15) is 19.1 Å². The molecule has 1 aromatic heterocycles. The number of hydrogen-bond donors (Lipinski definition) is 3. The Hall–Kier alpha value is -4.65. The Bertz CT molecular complexity index is 2010. The van der Waals surface area contributed by atoms with Crippen molar-refractivity contribution in [2.45, 2.75) is 62.7 Å². The number of ether oxygens (including phenoxy) is 1. The molecule has 250 valence electrons. The lowest BCUT2D eigenvalue weighted by Gasteiger charge is -2.39. The summed E-state index contributed by atoms with van der Waals surface area (Å²) in [5.41, 5.74) is -0.918. The summed E-state index contributed by atoms with van der Waals surface area (Å²) in [5, 5.41) is 17.1. The maximum atomic E-state index is 17.0. The van der Waals surface area contributed by atoms with Gasteiger partial charge in [-0.25, -0.2) is 18.0 Å². The van der Waals surface area contributed by atoms with Crippen molar-refractivity contribution < 1.29 is 32.6 Å². The number of phenolic OH excluding ortho intramolecular Hbond substituents is 1. The number of halogens is 3. The van der Waals surface area contributed by atoms with Gasteiger partial charge in [0.05, 0.1) is 12.1 Å². The molecule has 3 amide bonds. The van der Waals surface area contributed by atoms with E-state index in [-0.39, 0.29) is 36.0 Å². The number of alkyl halides is 1. The monoisotopic (exact) mass is 660 g/mol. The first-order chi connectivity index (χ1) is 23.1. The van der Waals surface area contributed by atoms with Crippen molar-refractivity contribution in [1.82, 2.24) is 25.5 Å². The minimum atomic E-state index is -1.17. The van der Waals surface area contributed by atoms with Gasteiger partial charge in [-0.1, -0.05) is 19.1 Å². The molecule has 10 nitrogen and oxygen atoms in total. The standard InChI is InChI=1S/C35H35F3N6O4/c1-2-22-26(37)8-5-19-13-21(45)14-25(27(19)22)23-6-7-24-29(28(23)38)39-33(48-18-34-9-3-12-44(34)16-20(36)15-34)40-30(24)43-11-4-10-35(17-43)31(46)41-32(47)42-35/h5-8,13-14,20,45H,2-4,9-12,15-18H2,1H3,(H2,41,42,46,47)/t20-,34+,35-/m1/s1. The number of nitrogens with zero attached hydrogens (tertiary/aromatic N) is 4. The summed E-state index contributed by atoms with van der Waals surface area (Å²) >= 11 is 0. The van der Waals surface area contributed by atoms with Crippen molar-refractivity contribution in [3.63, 3.8) is 0 Å². The zero-order valence-corrected chi connectivity index (χ0v) is 26.4. The van der Waals surface area contributed by atoms with Crippen LogP contribution in [0.25, 0.3) is 32.8 Å². The van der Waals surface area contributed by atoms with Crippen LogP contribution in [0.4, 0.5) is 23.8 Å². The molecule has 4 aromatic rings. The summed E-state index contributed by atoms with van der Waals surface area (Å²) in [6, 6.07) is 8.39. The van der Waals surface area contributed by atoms with Crippen LogP contribution >= 0.6 is 0 Å². The van der Waals surface area contributed by atoms with Gasteiger partial charge in [0.2, 0.25) is 0 Å². The number of benzene rings is 3. The number of nitrogens with one attached hydrogen (secondary N) is 2. The van der Waals surface area contributed by atoms with Gasteiger partial charge >= 0.3 is 12.0 Å². The zero-order chi connectivity index (χ0) is 33.4. The van der Waals surface area contributed by atoms with Gasteiger partial charge in [-0.15, -0.1) is 0 Å². The number of fused-ring (bicyclic) bond motifs is 3. The molecule has 0 radical (unpaired) electrons. The third-order valence-electron chi connectivity index (χ3n) is 10.6. The molecule has 8 rings (SSSR count). The summed E-state index contributed by atoms with van der Waals surface area (Å²) in [5.74, 6) is -1.36. The van der Waals surface area contributed by atoms with Gasteiger partial charge in [-0.05, 0) is 84.8 Å². The van der Waals surface area contributed by atoms with Gasteiger partial charge in [0.1, 0.15) is 41.2 Å². The summed E-state index contributed by atoms with van der Waals surface area (Å²) < 4.78 is 52.7. The quantitative estimate of drug-likeness (QED) is 0.244. The molecule has 3 N–H and O–H groups in total. The molecule has 0 aliphatic carbocycles. The molecule has 4 saturated heterocycles. The number of aryl methyl sites for hydroxylation is 1. The molecule has 4 fully saturated rings. The lowest BCUT2D eigenvalue weighted by Crippen LogP contribution is -2.58. The van der Waals surface area contributed by atoms with Crippen molar-refractivity contribution in [3.05, 3.63) is 53.6 Å². The first kappa shape index (κ1) is 30.7. The highest BCUT2D eigenvalue weighted by Crippen LogP contribution is 2.43. The number of piperidine rings is 1. The number of phenols is 1. The fourth-order valence-corrected chi connectivity index (χ4v) is 8.40. The minimum Gasteiger partial charge on any atom is -0.508 e. The number of imide groups is 1. The first-order valence-electron chi connectivity index (χ1n) is 16.4. The highest BCUT2D eigenvalue weighted by atomic mass is 19.1. The first-order valence-corrected chi connectivity index (χ1v) is 16.4. The van der Waals surface area contributed by atoms with E-state index in [1.54, 1.807) is 18.2 Å². The molecule has 1 spiro atoms. The van der Waals surface area contributed by atoms with Crippen molar-refractivity contribution in [1.29, 1.82) is 0 Å². The number of aromatic nitrogens is 2. The largest absolute Gasteiger partial charge is 0.508 e. The van der Waals surface area contributed by atoms with Crippen LogP contribution in [0.3, 0.4) is 0 Å². The summed E-state index contributed by atoms with van der Waals surface area (Å²) in [6.07, 6.45) is 2.36. The molecular weight excluding hydrogens is 625 g/mol. The van der Waals surface area contributed by atoms with Crippen LogP contribution < -0.4 is 20.3 Å². The van der Waals surface area contributed by atoms with E-state index < -0.39 is 40.8 Å². The van der Waals surface area contributed by atoms with Crippen molar-refractivity contribution in [2.75, 3.05) is 37.7 Å². The number of anilines is 1. The Balaban J connectivity index is 1.27. The Morgan fingerprint density at radius 1 is 1.06 bits per heavy atom. The smallest absolute Gasteiger partial charge is 0.322 e. The second kappa shape index (κ2) is 11.2. The number of urea groups is 1. The minimum absolute atomic E-state index is 0.0615. The van der Waals surface area contributed by atoms with E-state index in [1.807, 2.05) is 11.8 Å². The number of aromatic hydroxyl groups is 1. The zero-order valence-electron chi connectivity index (χ0n) is 26.4. The maximum Gasteiger partial charge on any atom is 0.322 e. The SMILES string of the molecule is CCc1c(F)ccc2cc(O)cc(-c3ccc4c(N5CCC[C@]6(C5)NC(=O)NC6=O)nc(OC[C@@]56CCCN5C[C@H](F)C6)nc4c3F)c12. The fourth-order valence-electron chi connectivity index (χ4n) is 8.40. The van der Waals surface area contributed by atoms with Crippen LogP contribution in [0, 0.1) is 11.6 Å². The molecule has 13 heteroatoms. The van der Waals surface area contributed by atoms with Gasteiger partial charge in [-0.2, -0.15) is 9.97 Å². The summed E-state index contributed by atoms with van der Waals surface area (Å²) in [6.45, 7) is 3.61. The average molecular weight is 661 g/mol. The van der Waals surface area contributed by atoms with Crippen molar-refractivity contribution in [2.24, 2.45) is 0 Å². The Morgan fingerprint density at radius 2 is 1.90 bits per heavy atom. The molecular formula is C35H35F3N6O4. The predicted molar refractivity (Wildman–Crippen MR) is 173 cm³/mol. The predicted octanol–water partition coefficient (Wildman–Crippen LogP) is 5.13. The second-order valence-corrected chi connectivity index (χ2v) is 13.5. The molecule has 4 aliphatic heterocycles. The molecule has 5 heterocycles. The van der Waals surface area contributed by atoms with Crippen LogP contribution in [-0.4, -0.2) is 81.9 Å². The van der Waals surface area contributed by atoms with Gasteiger partial charge in [-0.3, -0.25) is 15.0 Å². The number of hydrogen-bond acceptors (Lipinski definition) is 8. The van der Waals surface area contributed by atoms with Gasteiger partial charge in [0, 0.05) is 30.5 Å². The molecule has 3 aromatic carbocycles. The van der Waals surface area contributed by atoms with E-state index in [1.165, 1.54) is 18.2 Å². The Morgan fingerprint density at radius 3 is 2.69 bits per heavy atom. The third kappa shape index (κ3) is 4.81. The van der Waals surface area contributed by atoms with Crippen LogP contribution in [0.5, 0.6) is 11.8 Å². The second-order valence-electron chi connectivity index (χ2n) is 13.5. The topological polar surface area (TPSA) is 120 Å². The number of carbonyl (C=O) groups is 2. The molecule has 0 bridgehead atoms. The lowest BCUT2D eigenvalue weighted by molar-refractivity contribution is -0.124. The maximum absolute atomic E-state index is 17.0. The Kier molecular flexibility index (Phi) is 7.17. The summed E-state index contributed by atoms with van der Waals surface area (Å²) in [7, 11) is 0. The van der Waals surface area contributed by atoms with Crippen LogP contribution in [0.1, 0.15) is 44.6 Å². The number of carbonyl (C=O) groups excluding carboxylic acids is 2. The van der Waals surface area contributed by atoms with Crippen molar-refractivity contribution >= 4 is 39.4 Å². The van der Waals surface area contributed by atoms with E-state index in [2.05, 4.69) is 20.5 Å². The Labute approximate surface area is 274 Å². The molecule has 0 saturated carbocycles. The number of rotatable bonds is 6. The molecule has 48 heavy (non-hydrogen) atoms. The molecule has 3 atom stereocenters. The van der Waals surface area contributed by atoms with Gasteiger partial charge in [0.15, 0.2) is 5.82 Å². The molecule has 4 aliphatic rings. The highest BCUT2D eigenvalue weighted by molar-refractivity contribution is 6.08. The van der Waals surface area contributed by atoms with Gasteiger partial charge < -0.3 is 20.1 Å². The van der Waals surface area contributed by atoms with E-state index >= 15 is 8.78 Å². The van der Waals surface area contributed by atoms with Crippen molar-refractivity contribution in [3.8, 4) is 22.9 Å². The van der Waals surface area contributed by atoms with Crippen LogP contribution in [0.2, 0.25) is 0 Å². The normalized spacial score (nSPS) is 25.7. The fraction of sp³-hybridized carbons (Fsp3) is 0.429. The lowest BCUT2D eigenvalue weighted by atomic mass is 9.89. The summed E-state index contributed by atoms with van der Waals surface area (Å²) in [4.78, 5) is 38.3. The van der Waals surface area contributed by atoms with Gasteiger partial charge in [0.25, 0.3) is 5.91 Å². The van der Waals surface area contributed by atoms with E-state index in [4.69, 9.17) is 9.72 Å². The van der Waals surface area contributed by atoms with Crippen LogP contribution in [-0.2, 0) is 11.2 Å². The third-order valence-corrected chi connectivity index (χ3v) is 10.6. The number of amides is 3. The average Bonchev–Trinajstić information content (AvgIpc) is 3.68.